The lowest BCUT2D eigenvalue weighted by Gasteiger charge is -2.26. The smallest absolute Gasteiger partial charge is 0.229 e. The minimum absolute atomic E-state index is 0.0272. The Labute approximate surface area is 155 Å². The number of fused-ring (bicyclic) bond motifs is 1. The predicted molar refractivity (Wildman–Crippen MR) is 102 cm³/mol. The maximum atomic E-state index is 12.5. The quantitative estimate of drug-likeness (QED) is 0.736. The molecular formula is C19H20N4O2S. The summed E-state index contributed by atoms with van der Waals surface area (Å²) in [5.74, 6) is 0.620. The molecule has 0 radical (unpaired) electrons. The van der Waals surface area contributed by atoms with Crippen LogP contribution in [0.25, 0.3) is 21.3 Å². The summed E-state index contributed by atoms with van der Waals surface area (Å²) in [7, 11) is 0. The molecule has 26 heavy (non-hydrogen) atoms. The van der Waals surface area contributed by atoms with Crippen LogP contribution in [0.1, 0.15) is 25.7 Å². The normalized spacial score (nSPS) is 20.2. The van der Waals surface area contributed by atoms with Crippen molar-refractivity contribution in [2.45, 2.75) is 25.7 Å². The van der Waals surface area contributed by atoms with E-state index in [1.165, 1.54) is 0 Å². The molecule has 0 aliphatic heterocycles. The number of amides is 1. The fourth-order valence-corrected chi connectivity index (χ4v) is 4.03. The second kappa shape index (κ2) is 7.47. The Hall–Kier alpha value is -2.38. The number of nitrogens with zero attached hydrogens (tertiary/aromatic N) is 3. The molecule has 6 nitrogen and oxygen atoms in total. The summed E-state index contributed by atoms with van der Waals surface area (Å²) in [5, 5.41) is 13.0. The van der Waals surface area contributed by atoms with E-state index in [2.05, 4.69) is 20.3 Å². The van der Waals surface area contributed by atoms with Crippen molar-refractivity contribution in [1.82, 2.24) is 15.0 Å². The van der Waals surface area contributed by atoms with Crippen molar-refractivity contribution in [2.24, 2.45) is 11.8 Å². The molecule has 0 bridgehead atoms. The number of aliphatic hydroxyl groups excluding tert-OH is 1. The number of carbonyl (C=O) groups is 1. The van der Waals surface area contributed by atoms with Crippen LogP contribution in [0.4, 0.5) is 5.95 Å². The summed E-state index contributed by atoms with van der Waals surface area (Å²) >= 11 is 1.58. The Kier molecular flexibility index (Phi) is 4.90. The van der Waals surface area contributed by atoms with Crippen LogP contribution in [0, 0.1) is 11.8 Å². The highest BCUT2D eigenvalue weighted by Crippen LogP contribution is 2.29. The predicted octanol–water partition coefficient (Wildman–Crippen LogP) is 3.49. The average Bonchev–Trinajstić information content (AvgIpc) is 3.22. The van der Waals surface area contributed by atoms with Gasteiger partial charge in [0, 0.05) is 30.3 Å². The second-order valence-electron chi connectivity index (χ2n) is 6.72. The molecule has 3 aromatic rings. The molecule has 1 aliphatic rings. The van der Waals surface area contributed by atoms with Crippen molar-refractivity contribution in [3.63, 3.8) is 0 Å². The molecule has 2 aromatic heterocycles. The van der Waals surface area contributed by atoms with Gasteiger partial charge in [-0.15, -0.1) is 11.3 Å². The molecule has 1 aromatic carbocycles. The highest BCUT2D eigenvalue weighted by Gasteiger charge is 2.26. The number of rotatable bonds is 4. The summed E-state index contributed by atoms with van der Waals surface area (Å²) in [4.78, 5) is 26.5. The van der Waals surface area contributed by atoms with Crippen molar-refractivity contribution in [1.29, 1.82) is 0 Å². The van der Waals surface area contributed by atoms with Crippen LogP contribution in [-0.4, -0.2) is 32.6 Å². The van der Waals surface area contributed by atoms with Gasteiger partial charge in [-0.25, -0.2) is 9.97 Å². The fourth-order valence-electron chi connectivity index (χ4n) is 3.41. The zero-order valence-corrected chi connectivity index (χ0v) is 15.1. The average molecular weight is 368 g/mol. The van der Waals surface area contributed by atoms with Gasteiger partial charge in [0.2, 0.25) is 11.9 Å². The molecule has 2 N–H and O–H groups in total. The van der Waals surface area contributed by atoms with Crippen molar-refractivity contribution < 1.29 is 9.90 Å². The molecule has 0 atom stereocenters. The maximum Gasteiger partial charge on any atom is 0.229 e. The summed E-state index contributed by atoms with van der Waals surface area (Å²) in [6, 6.07) is 6.00. The van der Waals surface area contributed by atoms with Crippen molar-refractivity contribution in [3.05, 3.63) is 36.1 Å². The van der Waals surface area contributed by atoms with Gasteiger partial charge in [0.05, 0.1) is 15.9 Å². The number of anilines is 1. The van der Waals surface area contributed by atoms with E-state index in [1.54, 1.807) is 23.0 Å². The standard InChI is InChI=1S/C19H20N4O2S/c24-10-12-1-3-13(4-2-12)18(25)23-19-21-8-15-6-5-14(7-16(15)22-19)17-9-20-11-26-17/h5-9,11-13,24H,1-4,10H2,(H,21,22,23,25)/t12-,13-. The first-order valence-corrected chi connectivity index (χ1v) is 9.68. The molecular weight excluding hydrogens is 348 g/mol. The lowest BCUT2D eigenvalue weighted by molar-refractivity contribution is -0.121. The Balaban J connectivity index is 1.50. The second-order valence-corrected chi connectivity index (χ2v) is 7.61. The topological polar surface area (TPSA) is 88.0 Å². The zero-order chi connectivity index (χ0) is 17.9. The molecule has 0 saturated heterocycles. The molecule has 1 fully saturated rings. The highest BCUT2D eigenvalue weighted by molar-refractivity contribution is 7.13. The number of hydrogen-bond donors (Lipinski definition) is 2. The molecule has 0 spiro atoms. The van der Waals surface area contributed by atoms with Gasteiger partial charge in [-0.3, -0.25) is 15.1 Å². The van der Waals surface area contributed by atoms with E-state index in [0.29, 0.717) is 11.9 Å². The molecule has 1 aliphatic carbocycles. The highest BCUT2D eigenvalue weighted by atomic mass is 32.1. The Morgan fingerprint density at radius 2 is 2.08 bits per heavy atom. The molecule has 134 valence electrons. The third-order valence-electron chi connectivity index (χ3n) is 5.01. The Morgan fingerprint density at radius 3 is 2.81 bits per heavy atom. The van der Waals surface area contributed by atoms with Gasteiger partial charge in [-0.05, 0) is 43.2 Å². The van der Waals surface area contributed by atoms with E-state index in [-0.39, 0.29) is 18.4 Å². The number of hydrogen-bond acceptors (Lipinski definition) is 6. The maximum absolute atomic E-state index is 12.5. The number of aliphatic hydroxyl groups is 1. The van der Waals surface area contributed by atoms with Crippen LogP contribution >= 0.6 is 11.3 Å². The summed E-state index contributed by atoms with van der Waals surface area (Å²) in [6.45, 7) is 0.213. The zero-order valence-electron chi connectivity index (χ0n) is 14.3. The third-order valence-corrected chi connectivity index (χ3v) is 5.83. The Morgan fingerprint density at radius 1 is 1.23 bits per heavy atom. The van der Waals surface area contributed by atoms with E-state index in [4.69, 9.17) is 0 Å². The minimum Gasteiger partial charge on any atom is -0.396 e. The lowest BCUT2D eigenvalue weighted by Crippen LogP contribution is -2.28. The Bertz CT molecular complexity index is 905. The molecule has 1 amide bonds. The summed E-state index contributed by atoms with van der Waals surface area (Å²) < 4.78 is 0. The van der Waals surface area contributed by atoms with Gasteiger partial charge in [-0.2, -0.15) is 0 Å². The first-order valence-electron chi connectivity index (χ1n) is 8.80. The van der Waals surface area contributed by atoms with Crippen LogP contribution in [0.3, 0.4) is 0 Å². The number of thiazole rings is 1. The van der Waals surface area contributed by atoms with Gasteiger partial charge < -0.3 is 5.11 Å². The molecule has 0 unspecified atom stereocenters. The minimum atomic E-state index is -0.0284. The van der Waals surface area contributed by atoms with Gasteiger partial charge in [0.15, 0.2) is 0 Å². The van der Waals surface area contributed by atoms with Crippen LogP contribution in [0.2, 0.25) is 0 Å². The SMILES string of the molecule is O=C(Nc1ncc2ccc(-c3cncs3)cc2n1)[C@H]1CC[C@H](CO)CC1. The number of carbonyl (C=O) groups excluding carboxylic acids is 1. The van der Waals surface area contributed by atoms with Crippen LogP contribution in [0.15, 0.2) is 36.1 Å². The van der Waals surface area contributed by atoms with E-state index in [9.17, 15) is 9.90 Å². The molecule has 7 heteroatoms. The van der Waals surface area contributed by atoms with Gasteiger partial charge in [0.1, 0.15) is 0 Å². The molecule has 4 rings (SSSR count). The largest absolute Gasteiger partial charge is 0.396 e. The van der Waals surface area contributed by atoms with Crippen molar-refractivity contribution in [2.75, 3.05) is 11.9 Å². The van der Waals surface area contributed by atoms with Crippen LogP contribution in [0.5, 0.6) is 0 Å². The van der Waals surface area contributed by atoms with Crippen LogP contribution < -0.4 is 5.32 Å². The summed E-state index contributed by atoms with van der Waals surface area (Å²) in [6.07, 6.45) is 6.96. The van der Waals surface area contributed by atoms with Gasteiger partial charge in [-0.1, -0.05) is 12.1 Å². The van der Waals surface area contributed by atoms with Gasteiger partial charge >= 0.3 is 0 Å². The van der Waals surface area contributed by atoms with Gasteiger partial charge in [0.25, 0.3) is 0 Å². The third kappa shape index (κ3) is 3.59. The summed E-state index contributed by atoms with van der Waals surface area (Å²) in [5.41, 5.74) is 3.65. The van der Waals surface area contributed by atoms with E-state index < -0.39 is 0 Å². The first-order chi connectivity index (χ1) is 12.7. The van der Waals surface area contributed by atoms with E-state index in [1.807, 2.05) is 24.4 Å². The van der Waals surface area contributed by atoms with E-state index in [0.717, 1.165) is 47.0 Å². The van der Waals surface area contributed by atoms with Crippen molar-refractivity contribution in [3.8, 4) is 10.4 Å². The number of benzene rings is 1. The monoisotopic (exact) mass is 368 g/mol. The van der Waals surface area contributed by atoms with Crippen LogP contribution in [-0.2, 0) is 4.79 Å². The fraction of sp³-hybridized carbons (Fsp3) is 0.368. The molecule has 2 heterocycles. The van der Waals surface area contributed by atoms with E-state index >= 15 is 0 Å². The lowest BCUT2D eigenvalue weighted by atomic mass is 9.82. The number of aromatic nitrogens is 3. The number of nitrogens with one attached hydrogen (secondary N) is 1. The van der Waals surface area contributed by atoms with Crippen molar-refractivity contribution >= 4 is 34.1 Å². The first kappa shape index (κ1) is 17.1. The molecule has 1 saturated carbocycles.